The smallest absolute Gasteiger partial charge is 0.335 e. The number of carboxylic acid groups (broad SMARTS) is 1. The van der Waals surface area contributed by atoms with E-state index in [1.165, 1.54) is 12.1 Å². The highest BCUT2D eigenvalue weighted by molar-refractivity contribution is 5.87. The molecule has 1 atom stereocenters. The summed E-state index contributed by atoms with van der Waals surface area (Å²) in [6.45, 7) is 0.757. The fourth-order valence-corrected chi connectivity index (χ4v) is 1.85. The zero-order valence-electron chi connectivity index (χ0n) is 8.57. The third-order valence-corrected chi connectivity index (χ3v) is 2.80. The topological polar surface area (TPSA) is 72.6 Å². The van der Waals surface area contributed by atoms with E-state index in [0.717, 1.165) is 6.07 Å². The van der Waals surface area contributed by atoms with Gasteiger partial charge in [0.1, 0.15) is 5.82 Å². The highest BCUT2D eigenvalue weighted by atomic mass is 19.1. The maximum atomic E-state index is 13.7. The van der Waals surface area contributed by atoms with E-state index in [9.17, 15) is 9.18 Å². The molecule has 0 amide bonds. The molecule has 0 bridgehead atoms. The van der Waals surface area contributed by atoms with E-state index in [1.807, 2.05) is 0 Å². The second-order valence-electron chi connectivity index (χ2n) is 3.96. The van der Waals surface area contributed by atoms with Crippen LogP contribution in [-0.2, 0) is 10.3 Å². The van der Waals surface area contributed by atoms with Gasteiger partial charge in [-0.1, -0.05) is 6.07 Å². The van der Waals surface area contributed by atoms with Gasteiger partial charge in [0.25, 0.3) is 0 Å². The predicted molar refractivity (Wildman–Crippen MR) is 54.7 cm³/mol. The van der Waals surface area contributed by atoms with Crippen molar-refractivity contribution >= 4 is 5.97 Å². The molecule has 1 aliphatic rings. The minimum atomic E-state index is -1.15. The van der Waals surface area contributed by atoms with Crippen molar-refractivity contribution in [3.63, 3.8) is 0 Å². The average Bonchev–Trinajstić information content (AvgIpc) is 2.65. The molecule has 0 aliphatic carbocycles. The Labute approximate surface area is 91.8 Å². The van der Waals surface area contributed by atoms with Gasteiger partial charge in [-0.15, -0.1) is 0 Å². The minimum Gasteiger partial charge on any atom is -0.478 e. The molecule has 1 unspecified atom stereocenters. The van der Waals surface area contributed by atoms with Crippen LogP contribution in [0.3, 0.4) is 0 Å². The van der Waals surface area contributed by atoms with Crippen LogP contribution in [0.2, 0.25) is 0 Å². The van der Waals surface area contributed by atoms with E-state index < -0.39 is 17.3 Å². The molecular weight excluding hydrogens is 213 g/mol. The number of rotatable bonds is 2. The summed E-state index contributed by atoms with van der Waals surface area (Å²) in [5.74, 6) is -1.74. The van der Waals surface area contributed by atoms with E-state index in [-0.39, 0.29) is 12.2 Å². The van der Waals surface area contributed by atoms with E-state index >= 15 is 0 Å². The summed E-state index contributed by atoms with van der Waals surface area (Å²) < 4.78 is 18.8. The summed E-state index contributed by atoms with van der Waals surface area (Å²) >= 11 is 0. The highest BCUT2D eigenvalue weighted by Gasteiger charge is 2.34. The van der Waals surface area contributed by atoms with Gasteiger partial charge in [-0.05, 0) is 18.6 Å². The van der Waals surface area contributed by atoms with Gasteiger partial charge < -0.3 is 15.6 Å². The molecule has 0 spiro atoms. The van der Waals surface area contributed by atoms with Crippen molar-refractivity contribution in [3.05, 3.63) is 35.1 Å². The van der Waals surface area contributed by atoms with Crippen molar-refractivity contribution in [1.82, 2.24) is 0 Å². The van der Waals surface area contributed by atoms with Crippen molar-refractivity contribution < 1.29 is 19.0 Å². The van der Waals surface area contributed by atoms with Gasteiger partial charge in [-0.2, -0.15) is 0 Å². The molecule has 2 rings (SSSR count). The van der Waals surface area contributed by atoms with E-state index in [4.69, 9.17) is 15.6 Å². The molecule has 1 heterocycles. The molecule has 1 aliphatic heterocycles. The van der Waals surface area contributed by atoms with Gasteiger partial charge in [0, 0.05) is 12.2 Å². The standard InChI is InChI=1S/C11H12FNO3/c12-9-5-7(10(14)15)1-2-8(9)11(13)3-4-16-6-11/h1-2,5H,3-4,6,13H2,(H,14,15). The Bertz CT molecular complexity index is 427. The molecule has 1 aromatic carbocycles. The van der Waals surface area contributed by atoms with Crippen molar-refractivity contribution in [3.8, 4) is 0 Å². The Hall–Kier alpha value is -1.46. The van der Waals surface area contributed by atoms with Crippen LogP contribution in [-0.4, -0.2) is 24.3 Å². The van der Waals surface area contributed by atoms with E-state index in [1.54, 1.807) is 0 Å². The lowest BCUT2D eigenvalue weighted by molar-refractivity contribution is 0.0696. The molecule has 16 heavy (non-hydrogen) atoms. The maximum absolute atomic E-state index is 13.7. The number of carbonyl (C=O) groups is 1. The molecule has 86 valence electrons. The lowest BCUT2D eigenvalue weighted by Gasteiger charge is -2.22. The Morgan fingerprint density at radius 1 is 1.56 bits per heavy atom. The molecule has 0 aromatic heterocycles. The number of carboxylic acids is 1. The Morgan fingerprint density at radius 3 is 2.81 bits per heavy atom. The van der Waals surface area contributed by atoms with Gasteiger partial charge in [0.05, 0.1) is 17.7 Å². The Morgan fingerprint density at radius 2 is 2.31 bits per heavy atom. The van der Waals surface area contributed by atoms with Crippen LogP contribution in [0.1, 0.15) is 22.3 Å². The van der Waals surface area contributed by atoms with E-state index in [0.29, 0.717) is 18.6 Å². The third kappa shape index (κ3) is 1.79. The van der Waals surface area contributed by atoms with Crippen LogP contribution in [0.15, 0.2) is 18.2 Å². The quantitative estimate of drug-likeness (QED) is 0.790. The summed E-state index contributed by atoms with van der Waals surface area (Å²) in [5.41, 5.74) is 5.40. The van der Waals surface area contributed by atoms with Crippen molar-refractivity contribution in [1.29, 1.82) is 0 Å². The summed E-state index contributed by atoms with van der Waals surface area (Å²) in [6, 6.07) is 3.77. The Balaban J connectivity index is 2.39. The predicted octanol–water partition coefficient (Wildman–Crippen LogP) is 1.10. The van der Waals surface area contributed by atoms with Crippen LogP contribution in [0.25, 0.3) is 0 Å². The number of benzene rings is 1. The summed E-state index contributed by atoms with van der Waals surface area (Å²) in [4.78, 5) is 10.6. The monoisotopic (exact) mass is 225 g/mol. The largest absolute Gasteiger partial charge is 0.478 e. The SMILES string of the molecule is NC1(c2ccc(C(=O)O)cc2F)CCOC1. The normalized spacial score (nSPS) is 24.6. The first-order valence-corrected chi connectivity index (χ1v) is 4.93. The minimum absolute atomic E-state index is 0.0798. The third-order valence-electron chi connectivity index (χ3n) is 2.80. The van der Waals surface area contributed by atoms with Crippen LogP contribution < -0.4 is 5.73 Å². The number of ether oxygens (including phenoxy) is 1. The molecule has 1 saturated heterocycles. The second kappa shape index (κ2) is 3.84. The fraction of sp³-hybridized carbons (Fsp3) is 0.364. The molecule has 1 aromatic rings. The van der Waals surface area contributed by atoms with Gasteiger partial charge in [-0.25, -0.2) is 9.18 Å². The zero-order chi connectivity index (χ0) is 11.8. The fourth-order valence-electron chi connectivity index (χ4n) is 1.85. The van der Waals surface area contributed by atoms with Crippen LogP contribution in [0.4, 0.5) is 4.39 Å². The molecule has 0 saturated carbocycles. The number of aromatic carboxylic acids is 1. The molecule has 5 heteroatoms. The van der Waals surface area contributed by atoms with Gasteiger partial charge in [-0.3, -0.25) is 0 Å². The summed E-state index contributed by atoms with van der Waals surface area (Å²) in [7, 11) is 0. The van der Waals surface area contributed by atoms with Gasteiger partial charge in [0.15, 0.2) is 0 Å². The molecular formula is C11H12FNO3. The average molecular weight is 225 g/mol. The van der Waals surface area contributed by atoms with Crippen LogP contribution >= 0.6 is 0 Å². The first-order chi connectivity index (χ1) is 7.53. The number of nitrogens with two attached hydrogens (primary N) is 1. The maximum Gasteiger partial charge on any atom is 0.335 e. The van der Waals surface area contributed by atoms with Crippen LogP contribution in [0, 0.1) is 5.82 Å². The van der Waals surface area contributed by atoms with Crippen molar-refractivity contribution in [2.75, 3.05) is 13.2 Å². The van der Waals surface area contributed by atoms with Gasteiger partial charge >= 0.3 is 5.97 Å². The second-order valence-corrected chi connectivity index (χ2v) is 3.96. The first kappa shape index (κ1) is 11.0. The zero-order valence-corrected chi connectivity index (χ0v) is 8.57. The summed E-state index contributed by atoms with van der Waals surface area (Å²) in [5, 5.41) is 8.71. The van der Waals surface area contributed by atoms with Crippen molar-refractivity contribution in [2.24, 2.45) is 5.73 Å². The van der Waals surface area contributed by atoms with E-state index in [2.05, 4.69) is 0 Å². The number of halogens is 1. The first-order valence-electron chi connectivity index (χ1n) is 4.93. The van der Waals surface area contributed by atoms with Crippen molar-refractivity contribution in [2.45, 2.75) is 12.0 Å². The highest BCUT2D eigenvalue weighted by Crippen LogP contribution is 2.29. The number of hydrogen-bond donors (Lipinski definition) is 2. The van der Waals surface area contributed by atoms with Crippen LogP contribution in [0.5, 0.6) is 0 Å². The lowest BCUT2D eigenvalue weighted by Crippen LogP contribution is -2.38. The lowest BCUT2D eigenvalue weighted by atomic mass is 9.89. The molecule has 3 N–H and O–H groups in total. The number of hydrogen-bond acceptors (Lipinski definition) is 3. The molecule has 4 nitrogen and oxygen atoms in total. The Kier molecular flexibility index (Phi) is 2.65. The molecule has 1 fully saturated rings. The molecule has 0 radical (unpaired) electrons. The summed E-state index contributed by atoms with van der Waals surface area (Å²) in [6.07, 6.45) is 0.538. The van der Waals surface area contributed by atoms with Gasteiger partial charge in [0.2, 0.25) is 0 Å².